The van der Waals surface area contributed by atoms with Crippen molar-refractivity contribution in [2.24, 2.45) is 10.9 Å². The SMILES string of the molecule is CCCCOc1ccccc1[C@H]1C(C(=O)Nc2ccccc2OC)=C(C)N=C2CCCC(=O)C21. The molecular weight excluding hydrogens is 428 g/mol. The van der Waals surface area contributed by atoms with E-state index in [2.05, 4.69) is 12.2 Å². The molecule has 1 aliphatic heterocycles. The molecule has 2 aliphatic rings. The number of benzene rings is 2. The van der Waals surface area contributed by atoms with Crippen LogP contribution in [0.15, 0.2) is 64.8 Å². The van der Waals surface area contributed by atoms with Gasteiger partial charge in [-0.3, -0.25) is 14.6 Å². The molecule has 2 aromatic rings. The molecule has 0 bridgehead atoms. The molecule has 1 N–H and O–H groups in total. The van der Waals surface area contributed by atoms with Gasteiger partial charge in [-0.2, -0.15) is 0 Å². The molecule has 6 heteroatoms. The first-order valence-electron chi connectivity index (χ1n) is 12.0. The highest BCUT2D eigenvalue weighted by molar-refractivity contribution is 6.14. The molecule has 4 rings (SSSR count). The number of Topliss-reactive ketones (excluding diaryl/α,β-unsaturated/α-hetero) is 1. The molecule has 1 amide bonds. The van der Waals surface area contributed by atoms with Gasteiger partial charge in [-0.15, -0.1) is 0 Å². The highest BCUT2D eigenvalue weighted by Gasteiger charge is 2.44. The summed E-state index contributed by atoms with van der Waals surface area (Å²) < 4.78 is 11.6. The quantitative estimate of drug-likeness (QED) is 0.513. The second-order valence-corrected chi connectivity index (χ2v) is 8.77. The highest BCUT2D eigenvalue weighted by Crippen LogP contribution is 2.46. The maximum atomic E-state index is 13.7. The number of rotatable bonds is 8. The molecule has 1 unspecified atom stereocenters. The van der Waals surface area contributed by atoms with Gasteiger partial charge in [0, 0.05) is 34.9 Å². The summed E-state index contributed by atoms with van der Waals surface area (Å²) in [4.78, 5) is 31.7. The largest absolute Gasteiger partial charge is 0.495 e. The first-order valence-corrected chi connectivity index (χ1v) is 12.0. The Morgan fingerprint density at radius 1 is 1.06 bits per heavy atom. The summed E-state index contributed by atoms with van der Waals surface area (Å²) in [6.45, 7) is 4.56. The second-order valence-electron chi connectivity index (χ2n) is 8.77. The summed E-state index contributed by atoms with van der Waals surface area (Å²) in [7, 11) is 1.57. The van der Waals surface area contributed by atoms with E-state index in [0.29, 0.717) is 35.7 Å². The zero-order valence-electron chi connectivity index (χ0n) is 20.1. The van der Waals surface area contributed by atoms with E-state index in [9.17, 15) is 9.59 Å². The van der Waals surface area contributed by atoms with Crippen LogP contribution >= 0.6 is 0 Å². The Bertz CT molecular complexity index is 1130. The van der Waals surface area contributed by atoms with Crippen LogP contribution in [0.1, 0.15) is 57.4 Å². The third-order valence-corrected chi connectivity index (χ3v) is 6.52. The fourth-order valence-corrected chi connectivity index (χ4v) is 4.89. The molecule has 0 aromatic heterocycles. The van der Waals surface area contributed by atoms with E-state index in [1.54, 1.807) is 19.2 Å². The van der Waals surface area contributed by atoms with Gasteiger partial charge in [-0.25, -0.2) is 0 Å². The predicted molar refractivity (Wildman–Crippen MR) is 134 cm³/mol. The van der Waals surface area contributed by atoms with E-state index < -0.39 is 11.8 Å². The van der Waals surface area contributed by atoms with E-state index in [4.69, 9.17) is 14.5 Å². The summed E-state index contributed by atoms with van der Waals surface area (Å²) in [6.07, 6.45) is 4.02. The number of carbonyl (C=O) groups excluding carboxylic acids is 2. The molecule has 2 aromatic carbocycles. The normalized spacial score (nSPS) is 19.9. The van der Waals surface area contributed by atoms with Crippen molar-refractivity contribution < 1.29 is 19.1 Å². The first kappa shape index (κ1) is 23.7. The predicted octanol–water partition coefficient (Wildman–Crippen LogP) is 5.69. The van der Waals surface area contributed by atoms with E-state index in [1.807, 2.05) is 43.3 Å². The number of aliphatic imine (C=N–C) groups is 1. The van der Waals surface area contributed by atoms with Crippen molar-refractivity contribution in [3.63, 3.8) is 0 Å². The van der Waals surface area contributed by atoms with Gasteiger partial charge in [0.05, 0.1) is 25.3 Å². The molecule has 0 saturated heterocycles. The van der Waals surface area contributed by atoms with Crippen LogP contribution in [0, 0.1) is 5.92 Å². The highest BCUT2D eigenvalue weighted by atomic mass is 16.5. The van der Waals surface area contributed by atoms with E-state index in [1.165, 1.54) is 0 Å². The summed E-state index contributed by atoms with van der Waals surface area (Å²) in [5, 5.41) is 3.00. The van der Waals surface area contributed by atoms with Crippen molar-refractivity contribution in [1.82, 2.24) is 0 Å². The van der Waals surface area contributed by atoms with Crippen LogP contribution in [0.3, 0.4) is 0 Å². The number of methoxy groups -OCH3 is 1. The average molecular weight is 461 g/mol. The van der Waals surface area contributed by atoms with Gasteiger partial charge < -0.3 is 14.8 Å². The number of ketones is 1. The summed E-state index contributed by atoms with van der Waals surface area (Å²) in [6, 6.07) is 15.1. The average Bonchev–Trinajstić information content (AvgIpc) is 2.84. The molecular formula is C28H32N2O4. The van der Waals surface area contributed by atoms with Gasteiger partial charge >= 0.3 is 0 Å². The lowest BCUT2D eigenvalue weighted by molar-refractivity contribution is -0.122. The Labute approximate surface area is 201 Å². The van der Waals surface area contributed by atoms with E-state index in [-0.39, 0.29) is 11.7 Å². The smallest absolute Gasteiger partial charge is 0.254 e. The number of fused-ring (bicyclic) bond motifs is 1. The monoisotopic (exact) mass is 460 g/mol. The molecule has 6 nitrogen and oxygen atoms in total. The topological polar surface area (TPSA) is 77.0 Å². The first-order chi connectivity index (χ1) is 16.5. The Kier molecular flexibility index (Phi) is 7.46. The van der Waals surface area contributed by atoms with Crippen LogP contribution in [0.4, 0.5) is 5.69 Å². The fraction of sp³-hybridized carbons (Fsp3) is 0.393. The van der Waals surface area contributed by atoms with Crippen molar-refractivity contribution in [2.45, 2.75) is 51.9 Å². The Morgan fingerprint density at radius 2 is 1.79 bits per heavy atom. The number of amides is 1. The summed E-state index contributed by atoms with van der Waals surface area (Å²) >= 11 is 0. The van der Waals surface area contributed by atoms with Crippen molar-refractivity contribution in [3.8, 4) is 11.5 Å². The van der Waals surface area contributed by atoms with Crippen LogP contribution in [-0.2, 0) is 9.59 Å². The molecule has 2 atom stereocenters. The van der Waals surface area contributed by atoms with Gasteiger partial charge in [-0.1, -0.05) is 43.7 Å². The summed E-state index contributed by atoms with van der Waals surface area (Å²) in [5.74, 6) is 0.239. The number of carbonyl (C=O) groups is 2. The van der Waals surface area contributed by atoms with Crippen LogP contribution in [0.2, 0.25) is 0 Å². The minimum absolute atomic E-state index is 0.133. The number of ether oxygens (including phenoxy) is 2. The number of nitrogens with zero attached hydrogens (tertiary/aromatic N) is 1. The van der Waals surface area contributed by atoms with E-state index in [0.717, 1.165) is 42.7 Å². The Morgan fingerprint density at radius 3 is 2.56 bits per heavy atom. The number of hydrogen-bond acceptors (Lipinski definition) is 5. The maximum Gasteiger partial charge on any atom is 0.254 e. The molecule has 178 valence electrons. The number of allylic oxidation sites excluding steroid dienone is 1. The number of nitrogens with one attached hydrogen (secondary N) is 1. The Hall–Kier alpha value is -3.41. The molecule has 34 heavy (non-hydrogen) atoms. The zero-order chi connectivity index (χ0) is 24.1. The van der Waals surface area contributed by atoms with Crippen LogP contribution in [0.25, 0.3) is 0 Å². The molecule has 0 radical (unpaired) electrons. The minimum Gasteiger partial charge on any atom is -0.495 e. The van der Waals surface area contributed by atoms with Crippen LogP contribution in [0.5, 0.6) is 11.5 Å². The van der Waals surface area contributed by atoms with Crippen molar-refractivity contribution >= 4 is 23.1 Å². The van der Waals surface area contributed by atoms with Crippen LogP contribution in [-0.4, -0.2) is 31.1 Å². The Balaban J connectivity index is 1.79. The van der Waals surface area contributed by atoms with Crippen molar-refractivity contribution in [1.29, 1.82) is 0 Å². The van der Waals surface area contributed by atoms with Gasteiger partial charge in [0.2, 0.25) is 0 Å². The summed E-state index contributed by atoms with van der Waals surface area (Å²) in [5.41, 5.74) is 3.45. The van der Waals surface area contributed by atoms with E-state index >= 15 is 0 Å². The van der Waals surface area contributed by atoms with Gasteiger partial charge in [0.25, 0.3) is 5.91 Å². The third-order valence-electron chi connectivity index (χ3n) is 6.52. The minimum atomic E-state index is -0.452. The molecule has 0 spiro atoms. The number of anilines is 1. The van der Waals surface area contributed by atoms with Crippen molar-refractivity contribution in [2.75, 3.05) is 19.0 Å². The van der Waals surface area contributed by atoms with Crippen LogP contribution < -0.4 is 14.8 Å². The molecule has 1 aliphatic carbocycles. The van der Waals surface area contributed by atoms with Gasteiger partial charge in [0.15, 0.2) is 0 Å². The standard InChI is InChI=1S/C28H32N2O4/c1-4-5-17-34-23-15-8-6-11-19(23)26-25(18(2)29-21-13-10-14-22(31)27(21)26)28(32)30-20-12-7-9-16-24(20)33-3/h6-9,11-12,15-16,26-27H,4-5,10,13-14,17H2,1-3H3,(H,30,32)/t26-,27?/m0/s1. The van der Waals surface area contributed by atoms with Gasteiger partial charge in [-0.05, 0) is 44.4 Å². The zero-order valence-corrected chi connectivity index (χ0v) is 20.1. The lowest BCUT2D eigenvalue weighted by atomic mass is 9.69. The van der Waals surface area contributed by atoms with Crippen molar-refractivity contribution in [3.05, 3.63) is 65.4 Å². The maximum absolute atomic E-state index is 13.7. The lowest BCUT2D eigenvalue weighted by Crippen LogP contribution is -2.39. The molecule has 1 heterocycles. The number of hydrogen-bond donors (Lipinski definition) is 1. The molecule has 1 saturated carbocycles. The number of unbranched alkanes of at least 4 members (excludes halogenated alkanes) is 1. The third kappa shape index (κ3) is 4.76. The lowest BCUT2D eigenvalue weighted by Gasteiger charge is -2.36. The van der Waals surface area contributed by atoms with Gasteiger partial charge in [0.1, 0.15) is 17.3 Å². The number of para-hydroxylation sites is 3. The molecule has 1 fully saturated rings. The second kappa shape index (κ2) is 10.7. The fourth-order valence-electron chi connectivity index (χ4n) is 4.89.